The fourth-order valence-corrected chi connectivity index (χ4v) is 4.21. The number of aromatic nitrogens is 2. The maximum absolute atomic E-state index is 12.9. The van der Waals surface area contributed by atoms with Crippen LogP contribution >= 0.6 is 0 Å². The largest absolute Gasteiger partial charge is 0.421 e. The van der Waals surface area contributed by atoms with Crippen LogP contribution in [0.25, 0.3) is 11.5 Å². The van der Waals surface area contributed by atoms with Gasteiger partial charge in [0.05, 0.1) is 18.3 Å². The fraction of sp³-hybridized carbons (Fsp3) is 0.524. The van der Waals surface area contributed by atoms with E-state index in [0.717, 1.165) is 32.2 Å². The van der Waals surface area contributed by atoms with Gasteiger partial charge in [0.15, 0.2) is 0 Å². The molecule has 0 saturated carbocycles. The zero-order valence-electron chi connectivity index (χ0n) is 17.1. The van der Waals surface area contributed by atoms with E-state index in [2.05, 4.69) is 27.8 Å². The first kappa shape index (κ1) is 19.6. The highest BCUT2D eigenvalue weighted by molar-refractivity contribution is 5.90. The Hall–Kier alpha value is -2.74. The van der Waals surface area contributed by atoms with Crippen molar-refractivity contribution in [2.75, 3.05) is 18.9 Å². The molecule has 2 aliphatic heterocycles. The van der Waals surface area contributed by atoms with Gasteiger partial charge in [-0.1, -0.05) is 25.5 Å². The minimum absolute atomic E-state index is 0.0127. The van der Waals surface area contributed by atoms with E-state index in [1.165, 1.54) is 6.92 Å². The quantitative estimate of drug-likeness (QED) is 0.566. The number of amides is 3. The maximum atomic E-state index is 12.9. The second-order valence-electron chi connectivity index (χ2n) is 8.55. The molecular formula is C21H28N5O3+. The van der Waals surface area contributed by atoms with Crippen LogP contribution in [-0.2, 0) is 4.79 Å². The van der Waals surface area contributed by atoms with Gasteiger partial charge in [-0.05, 0) is 30.9 Å². The number of hydrogen-bond acceptors (Lipinski definition) is 5. The molecule has 1 aromatic carbocycles. The van der Waals surface area contributed by atoms with E-state index in [1.54, 1.807) is 0 Å². The number of para-hydroxylation sites is 1. The van der Waals surface area contributed by atoms with E-state index in [0.29, 0.717) is 39.5 Å². The first-order valence-electron chi connectivity index (χ1n) is 10.2. The van der Waals surface area contributed by atoms with Crippen molar-refractivity contribution in [2.24, 2.45) is 5.92 Å². The Balaban J connectivity index is 1.70. The van der Waals surface area contributed by atoms with Gasteiger partial charge >= 0.3 is 6.03 Å². The van der Waals surface area contributed by atoms with Crippen LogP contribution < -0.4 is 10.6 Å². The van der Waals surface area contributed by atoms with Gasteiger partial charge in [-0.25, -0.2) is 9.28 Å². The summed E-state index contributed by atoms with van der Waals surface area (Å²) in [5, 5.41) is 14.4. The van der Waals surface area contributed by atoms with Gasteiger partial charge in [0.2, 0.25) is 17.7 Å². The highest BCUT2D eigenvalue weighted by Crippen LogP contribution is 2.36. The lowest BCUT2D eigenvalue weighted by Crippen LogP contribution is -2.36. The Morgan fingerprint density at radius 3 is 2.86 bits per heavy atom. The molecule has 8 nitrogen and oxygen atoms in total. The van der Waals surface area contributed by atoms with Crippen molar-refractivity contribution in [2.45, 2.75) is 51.6 Å². The minimum Gasteiger partial charge on any atom is -0.418 e. The van der Waals surface area contributed by atoms with Gasteiger partial charge in [0.25, 0.3) is 0 Å². The first-order valence-corrected chi connectivity index (χ1v) is 10.2. The molecule has 3 amide bonds. The van der Waals surface area contributed by atoms with Gasteiger partial charge in [-0.2, -0.15) is 0 Å². The monoisotopic (exact) mass is 398 g/mol. The molecule has 4 unspecified atom stereocenters. The topological polar surface area (TPSA) is 97.1 Å². The number of anilines is 1. The Morgan fingerprint density at radius 2 is 2.07 bits per heavy atom. The number of nitrogens with zero attached hydrogens (tertiary/aromatic N) is 3. The predicted octanol–water partition coefficient (Wildman–Crippen LogP) is 3.48. The summed E-state index contributed by atoms with van der Waals surface area (Å²) in [6.07, 6.45) is 3.82. The number of nitrogens with one attached hydrogen (secondary N) is 2. The van der Waals surface area contributed by atoms with Gasteiger partial charge in [0, 0.05) is 13.3 Å². The average molecular weight is 398 g/mol. The van der Waals surface area contributed by atoms with Crippen molar-refractivity contribution in [3.05, 3.63) is 30.2 Å². The summed E-state index contributed by atoms with van der Waals surface area (Å²) in [5.74, 6) is 0.979. The molecule has 2 N–H and O–H groups in total. The van der Waals surface area contributed by atoms with E-state index < -0.39 is 0 Å². The number of quaternary nitrogens is 1. The van der Waals surface area contributed by atoms with E-state index in [4.69, 9.17) is 4.42 Å². The van der Waals surface area contributed by atoms with Crippen LogP contribution in [-0.4, -0.2) is 46.3 Å². The summed E-state index contributed by atoms with van der Waals surface area (Å²) >= 11 is 0. The van der Waals surface area contributed by atoms with Crippen LogP contribution in [0, 0.1) is 5.92 Å². The van der Waals surface area contributed by atoms with Crippen LogP contribution in [0.15, 0.2) is 28.7 Å². The number of benzene rings is 1. The van der Waals surface area contributed by atoms with E-state index in [9.17, 15) is 9.59 Å². The molecule has 2 bridgehead atoms. The SMILES string of the molecule is CC(=O)NC1CC(C)CCCC2C[N+]2(C)C(=O)Nc2ccccc2-c2nnc1o2. The third kappa shape index (κ3) is 4.03. The number of likely N-dealkylation sites (N-methyl/N-ethyl adjacent to an activating group) is 1. The molecule has 2 aromatic rings. The minimum atomic E-state index is -0.322. The van der Waals surface area contributed by atoms with Crippen molar-refractivity contribution in [3.8, 4) is 11.5 Å². The molecule has 4 atom stereocenters. The lowest BCUT2D eigenvalue weighted by atomic mass is 9.95. The molecule has 29 heavy (non-hydrogen) atoms. The number of carbonyl (C=O) groups excluding carboxylic acids is 2. The molecule has 2 aliphatic rings. The van der Waals surface area contributed by atoms with Crippen LogP contribution in [0.1, 0.15) is 51.5 Å². The molecule has 1 aromatic heterocycles. The molecule has 0 aliphatic carbocycles. The lowest BCUT2D eigenvalue weighted by molar-refractivity contribution is -0.700. The number of hydrogen-bond donors (Lipinski definition) is 2. The lowest BCUT2D eigenvalue weighted by Gasteiger charge is -2.18. The van der Waals surface area contributed by atoms with Crippen LogP contribution in [0.2, 0.25) is 0 Å². The van der Waals surface area contributed by atoms with E-state index in [1.807, 2.05) is 31.3 Å². The summed E-state index contributed by atoms with van der Waals surface area (Å²) in [4.78, 5) is 24.6. The van der Waals surface area contributed by atoms with Gasteiger partial charge < -0.3 is 9.73 Å². The van der Waals surface area contributed by atoms with Crippen LogP contribution in [0.5, 0.6) is 0 Å². The summed E-state index contributed by atoms with van der Waals surface area (Å²) in [6.45, 7) is 4.53. The Bertz CT molecular complexity index is 927. The normalized spacial score (nSPS) is 29.5. The molecule has 0 spiro atoms. The van der Waals surface area contributed by atoms with Crippen molar-refractivity contribution in [1.82, 2.24) is 15.5 Å². The molecule has 3 heterocycles. The Morgan fingerprint density at radius 1 is 1.28 bits per heavy atom. The van der Waals surface area contributed by atoms with Crippen LogP contribution in [0.3, 0.4) is 0 Å². The summed E-state index contributed by atoms with van der Waals surface area (Å²) in [5.41, 5.74) is 1.33. The molecule has 8 heteroatoms. The average Bonchev–Trinajstić information content (AvgIpc) is 3.11. The molecule has 4 rings (SSSR count). The van der Waals surface area contributed by atoms with Crippen LogP contribution in [0.4, 0.5) is 10.5 Å². The highest BCUT2D eigenvalue weighted by Gasteiger charge is 2.57. The van der Waals surface area contributed by atoms with E-state index >= 15 is 0 Å². The third-order valence-electron chi connectivity index (χ3n) is 6.11. The zero-order valence-corrected chi connectivity index (χ0v) is 17.1. The molecule has 154 valence electrons. The van der Waals surface area contributed by atoms with Gasteiger partial charge in [-0.3, -0.25) is 10.1 Å². The van der Waals surface area contributed by atoms with E-state index in [-0.39, 0.29) is 18.0 Å². The molecule has 0 radical (unpaired) electrons. The number of fused-ring (bicyclic) bond motifs is 5. The fourth-order valence-electron chi connectivity index (χ4n) is 4.21. The second-order valence-corrected chi connectivity index (χ2v) is 8.55. The van der Waals surface area contributed by atoms with Gasteiger partial charge in [0.1, 0.15) is 18.6 Å². The molecule has 1 fully saturated rings. The first-order chi connectivity index (χ1) is 13.9. The van der Waals surface area contributed by atoms with Crippen molar-refractivity contribution in [1.29, 1.82) is 0 Å². The number of urea groups is 1. The summed E-state index contributed by atoms with van der Waals surface area (Å²) < 4.78 is 6.36. The molecular weight excluding hydrogens is 370 g/mol. The smallest absolute Gasteiger partial charge is 0.418 e. The van der Waals surface area contributed by atoms with Crippen molar-refractivity contribution < 1.29 is 18.5 Å². The highest BCUT2D eigenvalue weighted by atomic mass is 16.4. The van der Waals surface area contributed by atoms with Gasteiger partial charge in [-0.15, -0.1) is 10.2 Å². The Kier molecular flexibility index (Phi) is 5.12. The number of carbonyl (C=O) groups is 2. The second kappa shape index (κ2) is 7.59. The standard InChI is InChI=1S/C21H27N5O3/c1-13-7-6-8-15-12-26(15,3)21(28)23-17-10-5-4-9-16(17)19-24-25-20(29-19)18(11-13)22-14(2)27/h4-5,9-10,13,15,18H,6-8,11-12H2,1-3H3,(H-,22,23,24,27,28)/p+1. The summed E-state index contributed by atoms with van der Waals surface area (Å²) in [7, 11) is 1.99. The summed E-state index contributed by atoms with van der Waals surface area (Å²) in [6, 6.07) is 7.45. The number of rotatable bonds is 1. The maximum Gasteiger partial charge on any atom is 0.421 e. The predicted molar refractivity (Wildman–Crippen MR) is 108 cm³/mol. The third-order valence-corrected chi connectivity index (χ3v) is 6.11. The van der Waals surface area contributed by atoms with Crippen molar-refractivity contribution >= 4 is 17.6 Å². The zero-order chi connectivity index (χ0) is 20.6. The van der Waals surface area contributed by atoms with Crippen molar-refractivity contribution in [3.63, 3.8) is 0 Å². The molecule has 1 saturated heterocycles. The Labute approximate surface area is 170 Å².